The van der Waals surface area contributed by atoms with Gasteiger partial charge in [-0.1, -0.05) is 24.8 Å². The Labute approximate surface area is 210 Å². The van der Waals surface area contributed by atoms with E-state index in [1.54, 1.807) is 0 Å². The number of nitrogens with one attached hydrogen (secondary N) is 1. The summed E-state index contributed by atoms with van der Waals surface area (Å²) >= 11 is 0. The number of urea groups is 1. The van der Waals surface area contributed by atoms with Gasteiger partial charge in [0.2, 0.25) is 0 Å². The highest BCUT2D eigenvalue weighted by atomic mass is 32.2. The third-order valence-electron chi connectivity index (χ3n) is 5.22. The summed E-state index contributed by atoms with van der Waals surface area (Å²) in [5.41, 5.74) is -1.33. The van der Waals surface area contributed by atoms with E-state index in [-0.39, 0.29) is 39.8 Å². The molecule has 194 valence electrons. The standard InChI is InChI=1S/C24H20F3N3O6S/c1-4-10-35-23(32)36-21-14(2)30(17-7-5-6-16(12-17)24(25,26)27)22(31)29-20(21)18-9-8-15(13-28)11-19(18)37(3,33)34/h4-9,11-12,20H,1,10H2,2-3H3,(H,29,31). The van der Waals surface area contributed by atoms with Crippen molar-refractivity contribution in [2.24, 2.45) is 0 Å². The molecule has 1 aliphatic heterocycles. The molecule has 0 saturated carbocycles. The minimum Gasteiger partial charge on any atom is -0.430 e. The Morgan fingerprint density at radius 1 is 1.27 bits per heavy atom. The molecule has 0 aliphatic carbocycles. The Morgan fingerprint density at radius 2 is 1.97 bits per heavy atom. The molecule has 1 aliphatic rings. The SMILES string of the molecule is C=CCOC(=O)OC1=C(C)N(c2cccc(C(F)(F)F)c2)C(=O)NC1c1ccc(C#N)cc1S(C)(=O)=O. The van der Waals surface area contributed by atoms with Crippen molar-refractivity contribution < 1.29 is 40.7 Å². The van der Waals surface area contributed by atoms with Crippen LogP contribution in [-0.4, -0.2) is 33.5 Å². The Hall–Kier alpha value is -4.31. The van der Waals surface area contributed by atoms with Crippen LogP contribution in [0, 0.1) is 11.3 Å². The van der Waals surface area contributed by atoms with Crippen LogP contribution >= 0.6 is 0 Å². The maximum absolute atomic E-state index is 13.3. The van der Waals surface area contributed by atoms with Gasteiger partial charge in [0.05, 0.1) is 33.5 Å². The van der Waals surface area contributed by atoms with Gasteiger partial charge in [0, 0.05) is 11.8 Å². The molecule has 0 spiro atoms. The third-order valence-corrected chi connectivity index (χ3v) is 6.37. The van der Waals surface area contributed by atoms with E-state index in [0.29, 0.717) is 0 Å². The number of hydrogen-bond acceptors (Lipinski definition) is 7. The van der Waals surface area contributed by atoms with Crippen LogP contribution in [0.15, 0.2) is 71.5 Å². The molecule has 0 bridgehead atoms. The summed E-state index contributed by atoms with van der Waals surface area (Å²) in [5.74, 6) is -0.305. The molecule has 37 heavy (non-hydrogen) atoms. The summed E-state index contributed by atoms with van der Waals surface area (Å²) in [6.45, 7) is 4.49. The summed E-state index contributed by atoms with van der Waals surface area (Å²) in [4.78, 5) is 26.0. The van der Waals surface area contributed by atoms with E-state index in [1.165, 1.54) is 31.2 Å². The van der Waals surface area contributed by atoms with Gasteiger partial charge in [-0.2, -0.15) is 18.4 Å². The van der Waals surface area contributed by atoms with E-state index >= 15 is 0 Å². The van der Waals surface area contributed by atoms with Gasteiger partial charge in [0.25, 0.3) is 0 Å². The van der Waals surface area contributed by atoms with Crippen LogP contribution in [0.3, 0.4) is 0 Å². The summed E-state index contributed by atoms with van der Waals surface area (Å²) in [7, 11) is -3.95. The normalized spacial score (nSPS) is 16.1. The van der Waals surface area contributed by atoms with Gasteiger partial charge in [0.15, 0.2) is 15.6 Å². The quantitative estimate of drug-likeness (QED) is 0.415. The second-order valence-electron chi connectivity index (χ2n) is 7.80. The zero-order valence-corrected chi connectivity index (χ0v) is 20.3. The Bertz CT molecular complexity index is 1440. The number of hydrogen-bond donors (Lipinski definition) is 1. The first-order valence-corrected chi connectivity index (χ1v) is 12.3. The minimum absolute atomic E-state index is 0.0189. The van der Waals surface area contributed by atoms with Gasteiger partial charge in [0.1, 0.15) is 12.6 Å². The highest BCUT2D eigenvalue weighted by Gasteiger charge is 2.39. The number of anilines is 1. The van der Waals surface area contributed by atoms with Crippen molar-refractivity contribution >= 4 is 27.7 Å². The molecular formula is C24H20F3N3O6S. The zero-order valence-electron chi connectivity index (χ0n) is 19.5. The lowest BCUT2D eigenvalue weighted by atomic mass is 10.00. The molecule has 2 aromatic rings. The molecule has 0 fully saturated rings. The van der Waals surface area contributed by atoms with Gasteiger partial charge in [-0.15, -0.1) is 0 Å². The summed E-state index contributed by atoms with van der Waals surface area (Å²) in [6.07, 6.45) is -3.76. The van der Waals surface area contributed by atoms with Crippen LogP contribution in [0.2, 0.25) is 0 Å². The fourth-order valence-electron chi connectivity index (χ4n) is 3.62. The fraction of sp³-hybridized carbons (Fsp3) is 0.208. The van der Waals surface area contributed by atoms with Gasteiger partial charge in [-0.25, -0.2) is 18.0 Å². The number of sulfone groups is 1. The number of halogens is 3. The number of rotatable bonds is 6. The molecule has 1 N–H and O–H groups in total. The van der Waals surface area contributed by atoms with Crippen molar-refractivity contribution in [3.8, 4) is 6.07 Å². The predicted octanol–water partition coefficient (Wildman–Crippen LogP) is 4.82. The maximum atomic E-state index is 13.3. The first-order valence-electron chi connectivity index (χ1n) is 10.5. The summed E-state index contributed by atoms with van der Waals surface area (Å²) in [5, 5.41) is 11.7. The van der Waals surface area contributed by atoms with E-state index in [1.807, 2.05) is 6.07 Å². The van der Waals surface area contributed by atoms with Gasteiger partial charge < -0.3 is 14.8 Å². The van der Waals surface area contributed by atoms with Crippen LogP contribution in [0.25, 0.3) is 0 Å². The largest absolute Gasteiger partial charge is 0.513 e. The van der Waals surface area contributed by atoms with E-state index in [2.05, 4.69) is 11.9 Å². The number of carbonyl (C=O) groups excluding carboxylic acids is 2. The molecule has 13 heteroatoms. The monoisotopic (exact) mass is 535 g/mol. The Balaban J connectivity index is 2.22. The maximum Gasteiger partial charge on any atom is 0.513 e. The highest BCUT2D eigenvalue weighted by Crippen LogP contribution is 2.38. The molecule has 1 unspecified atom stereocenters. The van der Waals surface area contributed by atoms with E-state index in [9.17, 15) is 36.4 Å². The number of carbonyl (C=O) groups is 2. The van der Waals surface area contributed by atoms with E-state index in [0.717, 1.165) is 35.4 Å². The molecule has 2 amide bonds. The fourth-order valence-corrected chi connectivity index (χ4v) is 4.57. The molecule has 2 aromatic carbocycles. The summed E-state index contributed by atoms with van der Waals surface area (Å²) < 4.78 is 75.1. The molecule has 0 saturated heterocycles. The van der Waals surface area contributed by atoms with Gasteiger partial charge in [-0.3, -0.25) is 4.90 Å². The average molecular weight is 536 g/mol. The molecular weight excluding hydrogens is 515 g/mol. The first kappa shape index (κ1) is 27.3. The van der Waals surface area contributed by atoms with E-state index < -0.39 is 39.8 Å². The van der Waals surface area contributed by atoms with Gasteiger partial charge in [-0.05, 0) is 37.3 Å². The van der Waals surface area contributed by atoms with Crippen molar-refractivity contribution in [1.29, 1.82) is 5.26 Å². The highest BCUT2D eigenvalue weighted by molar-refractivity contribution is 7.90. The van der Waals surface area contributed by atoms with Crippen molar-refractivity contribution in [2.75, 3.05) is 17.8 Å². The van der Waals surface area contributed by atoms with Crippen LogP contribution < -0.4 is 10.2 Å². The predicted molar refractivity (Wildman–Crippen MR) is 125 cm³/mol. The van der Waals surface area contributed by atoms with Crippen molar-refractivity contribution in [1.82, 2.24) is 5.32 Å². The molecule has 0 aromatic heterocycles. The Morgan fingerprint density at radius 3 is 2.57 bits per heavy atom. The number of alkyl halides is 3. The number of ether oxygens (including phenoxy) is 2. The lowest BCUT2D eigenvalue weighted by Gasteiger charge is -2.35. The lowest BCUT2D eigenvalue weighted by molar-refractivity contribution is -0.137. The zero-order chi connectivity index (χ0) is 27.5. The molecule has 9 nitrogen and oxygen atoms in total. The van der Waals surface area contributed by atoms with Crippen LogP contribution in [0.4, 0.5) is 28.4 Å². The van der Waals surface area contributed by atoms with E-state index in [4.69, 9.17) is 9.47 Å². The first-order chi connectivity index (χ1) is 17.3. The summed E-state index contributed by atoms with van der Waals surface area (Å²) in [6, 6.07) is 7.11. The second-order valence-corrected chi connectivity index (χ2v) is 9.79. The van der Waals surface area contributed by atoms with Crippen LogP contribution in [-0.2, 0) is 25.5 Å². The number of allylic oxidation sites excluding steroid dienone is 1. The lowest BCUT2D eigenvalue weighted by Crippen LogP contribution is -2.47. The van der Waals surface area contributed by atoms with Crippen molar-refractivity contribution in [2.45, 2.75) is 24.0 Å². The average Bonchev–Trinajstić information content (AvgIpc) is 2.83. The second kappa shape index (κ2) is 10.4. The third kappa shape index (κ3) is 5.92. The van der Waals surface area contributed by atoms with Crippen LogP contribution in [0.1, 0.15) is 29.7 Å². The molecule has 1 atom stereocenters. The number of benzene rings is 2. The molecule has 1 heterocycles. The van der Waals surface area contributed by atoms with Crippen molar-refractivity contribution in [3.63, 3.8) is 0 Å². The smallest absolute Gasteiger partial charge is 0.430 e. The molecule has 0 radical (unpaired) electrons. The number of amides is 2. The van der Waals surface area contributed by atoms with Crippen LogP contribution in [0.5, 0.6) is 0 Å². The minimum atomic E-state index is -4.69. The Kier molecular flexibility index (Phi) is 7.63. The number of nitrogens with zero attached hydrogens (tertiary/aromatic N) is 2. The number of nitriles is 1. The van der Waals surface area contributed by atoms with Gasteiger partial charge >= 0.3 is 18.4 Å². The molecule has 3 rings (SSSR count). The topological polar surface area (TPSA) is 126 Å². The van der Waals surface area contributed by atoms with Crippen molar-refractivity contribution in [3.05, 3.63) is 83.3 Å².